The SMILES string of the molecule is CC1CCC(CN)(N2CCCCC2)C1. The average Bonchev–Trinajstić information content (AvgIpc) is 2.63. The van der Waals surface area contributed by atoms with Crippen molar-refractivity contribution in [2.24, 2.45) is 11.7 Å². The predicted molar refractivity (Wildman–Crippen MR) is 60.2 cm³/mol. The molecule has 0 spiro atoms. The van der Waals surface area contributed by atoms with Crippen molar-refractivity contribution < 1.29 is 0 Å². The molecule has 2 fully saturated rings. The van der Waals surface area contributed by atoms with Gasteiger partial charge in [0.1, 0.15) is 0 Å². The van der Waals surface area contributed by atoms with E-state index in [0.29, 0.717) is 5.54 Å². The molecule has 2 rings (SSSR count). The van der Waals surface area contributed by atoms with Gasteiger partial charge in [-0.2, -0.15) is 0 Å². The van der Waals surface area contributed by atoms with Crippen LogP contribution < -0.4 is 5.73 Å². The van der Waals surface area contributed by atoms with Gasteiger partial charge in [-0.3, -0.25) is 4.90 Å². The van der Waals surface area contributed by atoms with Crippen LogP contribution in [0.4, 0.5) is 0 Å². The first-order valence-electron chi connectivity index (χ1n) is 6.22. The first kappa shape index (κ1) is 10.4. The third kappa shape index (κ3) is 1.82. The first-order chi connectivity index (χ1) is 6.77. The van der Waals surface area contributed by atoms with E-state index in [1.165, 1.54) is 51.6 Å². The zero-order valence-corrected chi connectivity index (χ0v) is 9.47. The highest BCUT2D eigenvalue weighted by atomic mass is 15.2. The van der Waals surface area contributed by atoms with Gasteiger partial charge in [-0.25, -0.2) is 0 Å². The molecule has 2 unspecified atom stereocenters. The fourth-order valence-corrected chi connectivity index (χ4v) is 3.34. The van der Waals surface area contributed by atoms with Crippen molar-refractivity contribution in [2.75, 3.05) is 19.6 Å². The third-order valence-electron chi connectivity index (χ3n) is 4.24. The van der Waals surface area contributed by atoms with E-state index in [1.807, 2.05) is 0 Å². The molecule has 2 atom stereocenters. The molecule has 0 aromatic heterocycles. The number of rotatable bonds is 2. The fraction of sp³-hybridized carbons (Fsp3) is 1.00. The first-order valence-corrected chi connectivity index (χ1v) is 6.22. The summed E-state index contributed by atoms with van der Waals surface area (Å²) in [6.07, 6.45) is 8.25. The topological polar surface area (TPSA) is 29.3 Å². The van der Waals surface area contributed by atoms with Crippen molar-refractivity contribution in [2.45, 2.75) is 51.0 Å². The van der Waals surface area contributed by atoms with Gasteiger partial charge in [0.25, 0.3) is 0 Å². The molecule has 1 heterocycles. The summed E-state index contributed by atoms with van der Waals surface area (Å²) in [5, 5.41) is 0. The Morgan fingerprint density at radius 2 is 2.00 bits per heavy atom. The van der Waals surface area contributed by atoms with E-state index in [0.717, 1.165) is 12.5 Å². The molecule has 1 saturated heterocycles. The maximum atomic E-state index is 6.02. The standard InChI is InChI=1S/C12H24N2/c1-11-5-6-12(9-11,10-13)14-7-3-2-4-8-14/h11H,2-10,13H2,1H3. The summed E-state index contributed by atoms with van der Waals surface area (Å²) in [5.74, 6) is 0.889. The van der Waals surface area contributed by atoms with Crippen molar-refractivity contribution in [3.63, 3.8) is 0 Å². The zero-order valence-electron chi connectivity index (χ0n) is 9.47. The van der Waals surface area contributed by atoms with Crippen LogP contribution in [0.1, 0.15) is 45.4 Å². The Bertz CT molecular complexity index is 187. The summed E-state index contributed by atoms with van der Waals surface area (Å²) in [5.41, 5.74) is 6.41. The second-order valence-electron chi connectivity index (χ2n) is 5.32. The predicted octanol–water partition coefficient (Wildman–Crippen LogP) is 1.99. The molecule has 2 nitrogen and oxygen atoms in total. The highest BCUT2D eigenvalue weighted by molar-refractivity contribution is 4.98. The quantitative estimate of drug-likeness (QED) is 0.732. The number of hydrogen-bond donors (Lipinski definition) is 1. The maximum Gasteiger partial charge on any atom is 0.0334 e. The lowest BCUT2D eigenvalue weighted by molar-refractivity contribution is 0.0744. The van der Waals surface area contributed by atoms with E-state index < -0.39 is 0 Å². The maximum absolute atomic E-state index is 6.02. The Hall–Kier alpha value is -0.0800. The fourth-order valence-electron chi connectivity index (χ4n) is 3.34. The molecule has 0 radical (unpaired) electrons. The van der Waals surface area contributed by atoms with Gasteiger partial charge >= 0.3 is 0 Å². The van der Waals surface area contributed by atoms with Gasteiger partial charge in [-0.1, -0.05) is 13.3 Å². The Labute approximate surface area is 87.8 Å². The second kappa shape index (κ2) is 4.19. The minimum Gasteiger partial charge on any atom is -0.329 e. The molecule has 0 aromatic rings. The van der Waals surface area contributed by atoms with Crippen molar-refractivity contribution in [1.82, 2.24) is 4.90 Å². The van der Waals surface area contributed by atoms with Gasteiger partial charge < -0.3 is 5.73 Å². The molecule has 2 N–H and O–H groups in total. The molecule has 1 saturated carbocycles. The Morgan fingerprint density at radius 3 is 2.50 bits per heavy atom. The molecule has 0 bridgehead atoms. The number of nitrogens with two attached hydrogens (primary N) is 1. The summed E-state index contributed by atoms with van der Waals surface area (Å²) < 4.78 is 0. The Kier molecular flexibility index (Phi) is 3.13. The minimum absolute atomic E-state index is 0.389. The van der Waals surface area contributed by atoms with Crippen molar-refractivity contribution in [1.29, 1.82) is 0 Å². The highest BCUT2D eigenvalue weighted by Crippen LogP contribution is 2.39. The molecule has 14 heavy (non-hydrogen) atoms. The van der Waals surface area contributed by atoms with Crippen LogP contribution in [0.3, 0.4) is 0 Å². The molecule has 82 valence electrons. The Balaban J connectivity index is 2.03. The summed E-state index contributed by atoms with van der Waals surface area (Å²) in [7, 11) is 0. The largest absolute Gasteiger partial charge is 0.329 e. The molecule has 2 heteroatoms. The van der Waals surface area contributed by atoms with Gasteiger partial charge in [-0.05, 0) is 51.1 Å². The van der Waals surface area contributed by atoms with E-state index in [9.17, 15) is 0 Å². The molecule has 0 aromatic carbocycles. The van der Waals surface area contributed by atoms with Gasteiger partial charge in [-0.15, -0.1) is 0 Å². The number of likely N-dealkylation sites (tertiary alicyclic amines) is 1. The monoisotopic (exact) mass is 196 g/mol. The normalized spacial score (nSPS) is 40.3. The molecule has 1 aliphatic heterocycles. The second-order valence-corrected chi connectivity index (χ2v) is 5.32. The van der Waals surface area contributed by atoms with E-state index >= 15 is 0 Å². The lowest BCUT2D eigenvalue weighted by Crippen LogP contribution is -2.54. The third-order valence-corrected chi connectivity index (χ3v) is 4.24. The van der Waals surface area contributed by atoms with Gasteiger partial charge in [0.15, 0.2) is 0 Å². The summed E-state index contributed by atoms with van der Waals surface area (Å²) >= 11 is 0. The molecular weight excluding hydrogens is 172 g/mol. The van der Waals surface area contributed by atoms with Crippen molar-refractivity contribution in [3.8, 4) is 0 Å². The summed E-state index contributed by atoms with van der Waals surface area (Å²) in [6.45, 7) is 5.84. The molecule has 1 aliphatic carbocycles. The van der Waals surface area contributed by atoms with Crippen molar-refractivity contribution in [3.05, 3.63) is 0 Å². The minimum atomic E-state index is 0.389. The van der Waals surface area contributed by atoms with Crippen molar-refractivity contribution >= 4 is 0 Å². The van der Waals surface area contributed by atoms with Crippen LogP contribution in [0.25, 0.3) is 0 Å². The van der Waals surface area contributed by atoms with Gasteiger partial charge in [0, 0.05) is 12.1 Å². The van der Waals surface area contributed by atoms with E-state index in [1.54, 1.807) is 0 Å². The summed E-state index contributed by atoms with van der Waals surface area (Å²) in [4.78, 5) is 2.69. The number of piperidine rings is 1. The highest BCUT2D eigenvalue weighted by Gasteiger charge is 2.41. The van der Waals surface area contributed by atoms with Crippen LogP contribution in [-0.4, -0.2) is 30.1 Å². The van der Waals surface area contributed by atoms with Crippen LogP contribution in [0, 0.1) is 5.92 Å². The average molecular weight is 196 g/mol. The molecule has 2 aliphatic rings. The smallest absolute Gasteiger partial charge is 0.0334 e. The number of hydrogen-bond acceptors (Lipinski definition) is 2. The van der Waals surface area contributed by atoms with E-state index in [-0.39, 0.29) is 0 Å². The van der Waals surface area contributed by atoms with Crippen LogP contribution in [0.15, 0.2) is 0 Å². The van der Waals surface area contributed by atoms with Crippen LogP contribution in [0.5, 0.6) is 0 Å². The van der Waals surface area contributed by atoms with E-state index in [4.69, 9.17) is 5.73 Å². The summed E-state index contributed by atoms with van der Waals surface area (Å²) in [6, 6.07) is 0. The number of nitrogens with zero attached hydrogens (tertiary/aromatic N) is 1. The molecule has 0 amide bonds. The lowest BCUT2D eigenvalue weighted by atomic mass is 9.91. The van der Waals surface area contributed by atoms with Crippen LogP contribution in [0.2, 0.25) is 0 Å². The zero-order chi connectivity index (χ0) is 10.0. The molecular formula is C12H24N2. The van der Waals surface area contributed by atoms with Gasteiger partial charge in [0.2, 0.25) is 0 Å². The Morgan fingerprint density at radius 1 is 1.29 bits per heavy atom. The van der Waals surface area contributed by atoms with Gasteiger partial charge in [0.05, 0.1) is 0 Å². The van der Waals surface area contributed by atoms with Crippen LogP contribution in [-0.2, 0) is 0 Å². The lowest BCUT2D eigenvalue weighted by Gasteiger charge is -2.43. The van der Waals surface area contributed by atoms with Crippen LogP contribution >= 0.6 is 0 Å². The van der Waals surface area contributed by atoms with E-state index in [2.05, 4.69) is 11.8 Å².